The predicted molar refractivity (Wildman–Crippen MR) is 138 cm³/mol. The lowest BCUT2D eigenvalue weighted by atomic mass is 10.0. The van der Waals surface area contributed by atoms with Crippen molar-refractivity contribution in [1.29, 1.82) is 0 Å². The van der Waals surface area contributed by atoms with Gasteiger partial charge in [0.15, 0.2) is 11.5 Å². The zero-order chi connectivity index (χ0) is 28.3. The number of carbonyl (C=O) groups excluding carboxylic acids is 1. The first-order valence-electron chi connectivity index (χ1n) is 12.1. The molecule has 0 unspecified atom stereocenters. The van der Waals surface area contributed by atoms with Crippen LogP contribution in [0.2, 0.25) is 0 Å². The van der Waals surface area contributed by atoms with Crippen molar-refractivity contribution >= 4 is 22.8 Å². The number of anilines is 1. The molecule has 10 nitrogen and oxygen atoms in total. The predicted octanol–water partition coefficient (Wildman–Crippen LogP) is 4.59. The molecule has 1 amide bonds. The number of methoxy groups -OCH3 is 1. The third kappa shape index (κ3) is 6.08. The van der Waals surface area contributed by atoms with E-state index in [-0.39, 0.29) is 40.6 Å². The first kappa shape index (κ1) is 27.8. The number of fused-ring (bicyclic) bond motifs is 1. The molecule has 0 radical (unpaired) electrons. The van der Waals surface area contributed by atoms with Crippen molar-refractivity contribution in [3.05, 3.63) is 59.9 Å². The summed E-state index contributed by atoms with van der Waals surface area (Å²) in [6.45, 7) is 5.89. The maximum Gasteiger partial charge on any atom is 0.433 e. The number of rotatable bonds is 9. The van der Waals surface area contributed by atoms with Gasteiger partial charge < -0.3 is 25.5 Å². The molecule has 0 saturated heterocycles. The smallest absolute Gasteiger partial charge is 0.433 e. The number of hydrogen-bond donors (Lipinski definition) is 3. The van der Waals surface area contributed by atoms with Crippen LogP contribution >= 0.6 is 0 Å². The highest BCUT2D eigenvalue weighted by molar-refractivity contribution is 5.98. The van der Waals surface area contributed by atoms with Crippen molar-refractivity contribution in [1.82, 2.24) is 25.3 Å². The minimum atomic E-state index is -4.64. The number of nitrogens with zero attached hydrogens (tertiary/aromatic N) is 4. The van der Waals surface area contributed by atoms with Gasteiger partial charge in [0.25, 0.3) is 5.91 Å². The van der Waals surface area contributed by atoms with Gasteiger partial charge in [-0.15, -0.1) is 0 Å². The standard InChI is InChI=1S/C26H28F3N7O3/c1-13(2)17(12-33-25-31-10-5-11-32-25)34-23(37)21-22(14(3)30)39-24(36-21)16-6-8-18(38-4)20-15(16)7-9-19(35-20)26(27,28)29/h5-11,13-14,17H,12,30H2,1-4H3,(H,34,37)(H,31,32,33)/t14-,17+/m0/s1. The number of hydrogen-bond acceptors (Lipinski definition) is 9. The lowest BCUT2D eigenvalue weighted by molar-refractivity contribution is -0.140. The number of ether oxygens (including phenoxy) is 1. The summed E-state index contributed by atoms with van der Waals surface area (Å²) in [6, 6.07) is 5.85. The van der Waals surface area contributed by atoms with E-state index in [1.54, 1.807) is 31.5 Å². The fourth-order valence-electron chi connectivity index (χ4n) is 3.90. The zero-order valence-corrected chi connectivity index (χ0v) is 21.7. The third-order valence-electron chi connectivity index (χ3n) is 6.01. The van der Waals surface area contributed by atoms with Crippen LogP contribution in [0.5, 0.6) is 5.75 Å². The number of aromatic nitrogens is 4. The van der Waals surface area contributed by atoms with E-state index in [0.717, 1.165) is 6.07 Å². The summed E-state index contributed by atoms with van der Waals surface area (Å²) in [5.74, 6) is 0.237. The average molecular weight is 544 g/mol. The molecular formula is C26H28F3N7O3. The maximum absolute atomic E-state index is 13.4. The Kier molecular flexibility index (Phi) is 8.00. The number of benzene rings is 1. The van der Waals surface area contributed by atoms with E-state index in [9.17, 15) is 18.0 Å². The van der Waals surface area contributed by atoms with Gasteiger partial charge in [0.2, 0.25) is 11.8 Å². The summed E-state index contributed by atoms with van der Waals surface area (Å²) in [6.07, 6.45) is -1.43. The topological polar surface area (TPSA) is 141 Å². The molecule has 13 heteroatoms. The summed E-state index contributed by atoms with van der Waals surface area (Å²) in [5, 5.41) is 6.35. The Morgan fingerprint density at radius 3 is 2.44 bits per heavy atom. The lowest BCUT2D eigenvalue weighted by Crippen LogP contribution is -2.43. The summed E-state index contributed by atoms with van der Waals surface area (Å²) in [5.41, 5.74) is 5.31. The van der Waals surface area contributed by atoms with Crippen molar-refractivity contribution < 1.29 is 27.1 Å². The van der Waals surface area contributed by atoms with Crippen LogP contribution in [-0.4, -0.2) is 45.5 Å². The number of amides is 1. The van der Waals surface area contributed by atoms with Crippen LogP contribution in [-0.2, 0) is 6.18 Å². The molecule has 0 aliphatic rings. The number of alkyl halides is 3. The van der Waals surface area contributed by atoms with E-state index in [0.29, 0.717) is 23.4 Å². The van der Waals surface area contributed by atoms with Crippen LogP contribution < -0.4 is 21.1 Å². The van der Waals surface area contributed by atoms with Gasteiger partial charge in [0.05, 0.1) is 13.2 Å². The van der Waals surface area contributed by atoms with Crippen molar-refractivity contribution in [2.45, 2.75) is 39.0 Å². The third-order valence-corrected chi connectivity index (χ3v) is 6.01. The van der Waals surface area contributed by atoms with Crippen LogP contribution in [0.1, 0.15) is 48.8 Å². The molecule has 39 heavy (non-hydrogen) atoms. The minimum absolute atomic E-state index is 0.0126. The first-order valence-corrected chi connectivity index (χ1v) is 12.1. The van der Waals surface area contributed by atoms with Gasteiger partial charge in [-0.05, 0) is 43.2 Å². The largest absolute Gasteiger partial charge is 0.494 e. The molecule has 3 aromatic heterocycles. The quantitative estimate of drug-likeness (QED) is 0.276. The molecule has 3 heterocycles. The van der Waals surface area contributed by atoms with E-state index in [1.807, 2.05) is 13.8 Å². The lowest BCUT2D eigenvalue weighted by Gasteiger charge is -2.22. The Labute approximate surface area is 222 Å². The highest BCUT2D eigenvalue weighted by Crippen LogP contribution is 2.37. The molecule has 0 aliphatic carbocycles. The fraction of sp³-hybridized carbons (Fsp3) is 0.346. The molecule has 0 fully saturated rings. The molecule has 4 rings (SSSR count). The summed E-state index contributed by atoms with van der Waals surface area (Å²) in [7, 11) is 1.34. The van der Waals surface area contributed by atoms with Crippen LogP contribution in [0.3, 0.4) is 0 Å². The highest BCUT2D eigenvalue weighted by atomic mass is 19.4. The number of nitrogens with one attached hydrogen (secondary N) is 2. The Morgan fingerprint density at radius 1 is 1.10 bits per heavy atom. The van der Waals surface area contributed by atoms with Gasteiger partial charge in [-0.1, -0.05) is 13.8 Å². The van der Waals surface area contributed by atoms with Crippen molar-refractivity contribution in [3.63, 3.8) is 0 Å². The average Bonchev–Trinajstić information content (AvgIpc) is 3.36. The van der Waals surface area contributed by atoms with Crippen LogP contribution in [0.25, 0.3) is 22.4 Å². The molecule has 206 valence electrons. The van der Waals surface area contributed by atoms with E-state index in [1.165, 1.54) is 19.2 Å². The summed E-state index contributed by atoms with van der Waals surface area (Å²) >= 11 is 0. The second-order valence-electron chi connectivity index (χ2n) is 9.20. The highest BCUT2D eigenvalue weighted by Gasteiger charge is 2.33. The van der Waals surface area contributed by atoms with Gasteiger partial charge in [0.1, 0.15) is 17.0 Å². The molecule has 0 spiro atoms. The van der Waals surface area contributed by atoms with Gasteiger partial charge in [-0.25, -0.2) is 19.9 Å². The summed E-state index contributed by atoms with van der Waals surface area (Å²) < 4.78 is 51.1. The normalized spacial score (nSPS) is 13.4. The SMILES string of the molecule is COc1ccc(-c2nc(C(=O)N[C@H](CNc3ncccn3)C(C)C)c([C@H](C)N)o2)c2ccc(C(F)(F)F)nc12. The van der Waals surface area contributed by atoms with E-state index >= 15 is 0 Å². The Hall–Kier alpha value is -4.26. The number of carbonyl (C=O) groups is 1. The van der Waals surface area contributed by atoms with E-state index in [4.69, 9.17) is 14.9 Å². The van der Waals surface area contributed by atoms with Crippen LogP contribution in [0.4, 0.5) is 19.1 Å². The first-order chi connectivity index (χ1) is 18.5. The molecule has 1 aromatic carbocycles. The van der Waals surface area contributed by atoms with Crippen LogP contribution in [0, 0.1) is 5.92 Å². The van der Waals surface area contributed by atoms with Gasteiger partial charge >= 0.3 is 6.18 Å². The number of pyridine rings is 1. The molecule has 0 bridgehead atoms. The van der Waals surface area contributed by atoms with Gasteiger partial charge in [0, 0.05) is 35.9 Å². The van der Waals surface area contributed by atoms with Crippen LogP contribution in [0.15, 0.2) is 47.1 Å². The van der Waals surface area contributed by atoms with E-state index in [2.05, 4.69) is 30.6 Å². The number of oxazole rings is 1. The Morgan fingerprint density at radius 2 is 1.82 bits per heavy atom. The molecule has 2 atom stereocenters. The number of halogens is 3. The maximum atomic E-state index is 13.4. The molecular weight excluding hydrogens is 515 g/mol. The number of nitrogens with two attached hydrogens (primary N) is 1. The van der Waals surface area contributed by atoms with Crippen molar-refractivity contribution in [2.75, 3.05) is 19.0 Å². The Bertz CT molecular complexity index is 1460. The second kappa shape index (κ2) is 11.2. The van der Waals surface area contributed by atoms with Crippen molar-refractivity contribution in [3.8, 4) is 17.2 Å². The van der Waals surface area contributed by atoms with Gasteiger partial charge in [-0.2, -0.15) is 13.2 Å². The minimum Gasteiger partial charge on any atom is -0.494 e. The molecule has 4 N–H and O–H groups in total. The van der Waals surface area contributed by atoms with Gasteiger partial charge in [-0.3, -0.25) is 4.79 Å². The molecule has 0 saturated carbocycles. The van der Waals surface area contributed by atoms with Crippen molar-refractivity contribution in [2.24, 2.45) is 11.7 Å². The summed E-state index contributed by atoms with van der Waals surface area (Å²) in [4.78, 5) is 29.8. The van der Waals surface area contributed by atoms with E-state index < -0.39 is 23.8 Å². The molecule has 0 aliphatic heterocycles. The fourth-order valence-corrected chi connectivity index (χ4v) is 3.90. The Balaban J connectivity index is 1.68. The second-order valence-corrected chi connectivity index (χ2v) is 9.20. The zero-order valence-electron chi connectivity index (χ0n) is 21.7. The monoisotopic (exact) mass is 543 g/mol. The molecule has 4 aromatic rings.